The Bertz CT molecular complexity index is 749. The van der Waals surface area contributed by atoms with Gasteiger partial charge in [0.25, 0.3) is 0 Å². The SMILES string of the molecule is C=C[C@H](C)[C@H](O[Si](C)(C)C(C)(C)C)[C@@H](C)C(=O)C(C)(C)[C@H](CC(=O)OC(C)(C)C)O[Si](CC)(CC)CC. The van der Waals surface area contributed by atoms with Crippen molar-refractivity contribution in [3.63, 3.8) is 0 Å². The van der Waals surface area contributed by atoms with Crippen LogP contribution in [0.15, 0.2) is 12.7 Å². The van der Waals surface area contributed by atoms with Crippen LogP contribution in [0.5, 0.6) is 0 Å². The monoisotopic (exact) mass is 556 g/mol. The number of carbonyl (C=O) groups is 2. The molecule has 0 aliphatic rings. The highest BCUT2D eigenvalue weighted by Crippen LogP contribution is 2.42. The molecule has 7 heteroatoms. The Hall–Kier alpha value is -0.766. The first-order valence-corrected chi connectivity index (χ1v) is 19.7. The minimum absolute atomic E-state index is 0.00416. The lowest BCUT2D eigenvalue weighted by atomic mass is 9.73. The summed E-state index contributed by atoms with van der Waals surface area (Å²) in [4.78, 5) is 27.3. The van der Waals surface area contributed by atoms with Gasteiger partial charge >= 0.3 is 5.97 Å². The van der Waals surface area contributed by atoms with Crippen molar-refractivity contribution in [1.29, 1.82) is 0 Å². The fourth-order valence-electron chi connectivity index (χ4n) is 4.49. The topological polar surface area (TPSA) is 61.8 Å². The van der Waals surface area contributed by atoms with E-state index in [-0.39, 0.29) is 41.2 Å². The van der Waals surface area contributed by atoms with Crippen molar-refractivity contribution in [2.45, 2.75) is 151 Å². The predicted molar refractivity (Wildman–Crippen MR) is 162 cm³/mol. The molecule has 0 bridgehead atoms. The molecule has 0 aliphatic carbocycles. The molecule has 218 valence electrons. The first-order chi connectivity index (χ1) is 16.5. The van der Waals surface area contributed by atoms with E-state index < -0.39 is 33.8 Å². The van der Waals surface area contributed by atoms with E-state index in [1.54, 1.807) is 0 Å². The molecule has 37 heavy (non-hydrogen) atoms. The van der Waals surface area contributed by atoms with Gasteiger partial charge < -0.3 is 13.6 Å². The fraction of sp³-hybridized carbons (Fsp3) is 0.867. The zero-order chi connectivity index (χ0) is 29.6. The van der Waals surface area contributed by atoms with Crippen molar-refractivity contribution >= 4 is 28.4 Å². The highest BCUT2D eigenvalue weighted by atomic mass is 28.4. The van der Waals surface area contributed by atoms with Crippen LogP contribution in [-0.2, 0) is 23.2 Å². The van der Waals surface area contributed by atoms with Gasteiger partial charge in [-0.25, -0.2) is 0 Å². The number of ether oxygens (including phenoxy) is 1. The summed E-state index contributed by atoms with van der Waals surface area (Å²) >= 11 is 0. The second-order valence-electron chi connectivity index (χ2n) is 14.0. The Morgan fingerprint density at radius 3 is 1.68 bits per heavy atom. The molecule has 0 aromatic carbocycles. The Morgan fingerprint density at radius 2 is 1.32 bits per heavy atom. The molecule has 0 saturated carbocycles. The van der Waals surface area contributed by atoms with Gasteiger partial charge in [0.05, 0.1) is 18.6 Å². The van der Waals surface area contributed by atoms with Gasteiger partial charge in [-0.3, -0.25) is 9.59 Å². The summed E-state index contributed by atoms with van der Waals surface area (Å²) < 4.78 is 19.4. The number of esters is 1. The maximum absolute atomic E-state index is 14.3. The molecule has 0 aromatic heterocycles. The molecular weight excluding hydrogens is 496 g/mol. The van der Waals surface area contributed by atoms with Crippen LogP contribution in [0, 0.1) is 17.3 Å². The molecule has 0 N–H and O–H groups in total. The van der Waals surface area contributed by atoms with Crippen LogP contribution in [0.4, 0.5) is 0 Å². The first-order valence-electron chi connectivity index (χ1n) is 14.3. The number of hydrogen-bond acceptors (Lipinski definition) is 5. The molecule has 0 unspecified atom stereocenters. The summed E-state index contributed by atoms with van der Waals surface area (Å²) in [6, 6.07) is 2.82. The highest BCUT2D eigenvalue weighted by molar-refractivity contribution is 6.74. The summed E-state index contributed by atoms with van der Waals surface area (Å²) in [5.41, 5.74) is -1.50. The lowest BCUT2D eigenvalue weighted by Gasteiger charge is -2.45. The van der Waals surface area contributed by atoms with Crippen molar-refractivity contribution in [3.8, 4) is 0 Å². The van der Waals surface area contributed by atoms with E-state index in [4.69, 9.17) is 13.6 Å². The van der Waals surface area contributed by atoms with E-state index in [0.29, 0.717) is 0 Å². The normalized spacial score (nSPS) is 17.1. The molecule has 0 aliphatic heterocycles. The van der Waals surface area contributed by atoms with Gasteiger partial charge in [-0.2, -0.15) is 0 Å². The van der Waals surface area contributed by atoms with Crippen LogP contribution < -0.4 is 0 Å². The molecule has 0 amide bonds. The molecule has 0 rings (SSSR count). The molecule has 4 atom stereocenters. The maximum atomic E-state index is 14.3. The molecule has 0 radical (unpaired) electrons. The molecule has 0 spiro atoms. The van der Waals surface area contributed by atoms with Crippen LogP contribution >= 0.6 is 0 Å². The largest absolute Gasteiger partial charge is 0.460 e. The van der Waals surface area contributed by atoms with Gasteiger partial charge in [0, 0.05) is 11.3 Å². The Morgan fingerprint density at radius 1 is 0.865 bits per heavy atom. The van der Waals surface area contributed by atoms with Gasteiger partial charge in [0.1, 0.15) is 11.4 Å². The Kier molecular flexibility index (Phi) is 13.3. The van der Waals surface area contributed by atoms with Gasteiger partial charge in [0.15, 0.2) is 16.6 Å². The molecule has 0 heterocycles. The summed E-state index contributed by atoms with van der Waals surface area (Å²) in [6.45, 7) is 35.1. The molecular formula is C30H60O5Si2. The number of rotatable bonds is 15. The van der Waals surface area contributed by atoms with E-state index >= 15 is 0 Å². The van der Waals surface area contributed by atoms with Crippen molar-refractivity contribution < 1.29 is 23.2 Å². The molecule has 0 fully saturated rings. The van der Waals surface area contributed by atoms with Gasteiger partial charge in [-0.05, 0) is 63.0 Å². The zero-order valence-electron chi connectivity index (χ0n) is 27.0. The van der Waals surface area contributed by atoms with Crippen molar-refractivity contribution in [2.24, 2.45) is 17.3 Å². The lowest BCUT2D eigenvalue weighted by Crippen LogP contribution is -2.53. The van der Waals surface area contributed by atoms with E-state index in [9.17, 15) is 9.59 Å². The Balaban J connectivity index is 6.44. The summed E-state index contributed by atoms with van der Waals surface area (Å²) in [5, 5.41) is 0.0152. The molecule has 0 aromatic rings. The summed E-state index contributed by atoms with van der Waals surface area (Å²) in [7, 11) is -4.26. The van der Waals surface area contributed by atoms with Crippen LogP contribution in [0.1, 0.15) is 96.4 Å². The average molecular weight is 557 g/mol. The minimum Gasteiger partial charge on any atom is -0.460 e. The van der Waals surface area contributed by atoms with Crippen LogP contribution in [0.25, 0.3) is 0 Å². The zero-order valence-corrected chi connectivity index (χ0v) is 29.0. The third-order valence-corrected chi connectivity index (χ3v) is 17.7. The minimum atomic E-state index is -2.15. The smallest absolute Gasteiger partial charge is 0.308 e. The van der Waals surface area contributed by atoms with Crippen LogP contribution in [-0.4, -0.2) is 46.2 Å². The standard InChI is InChI=1S/C30H60O5Si2/c1-17-22(5)26(35-36(15,16)29(10,11)12)23(6)27(32)30(13,14)24(21-25(31)33-28(7,8)9)34-37(18-2,19-3)20-4/h17,22-24,26H,1,18-21H2,2-16H3/t22-,23+,24-,26-/m0/s1. The number of ketones is 1. The summed E-state index contributed by atoms with van der Waals surface area (Å²) in [5.74, 6) is -0.650. The third-order valence-electron chi connectivity index (χ3n) is 8.57. The molecule has 5 nitrogen and oxygen atoms in total. The lowest BCUT2D eigenvalue weighted by molar-refractivity contribution is -0.159. The van der Waals surface area contributed by atoms with E-state index in [1.165, 1.54) is 0 Å². The number of hydrogen-bond donors (Lipinski definition) is 0. The number of Topliss-reactive ketones (excluding diaryl/α,β-unsaturated/α-hetero) is 1. The van der Waals surface area contributed by atoms with Crippen molar-refractivity contribution in [1.82, 2.24) is 0 Å². The van der Waals surface area contributed by atoms with Crippen LogP contribution in [0.3, 0.4) is 0 Å². The van der Waals surface area contributed by atoms with Gasteiger partial charge in [-0.15, -0.1) is 6.58 Å². The second kappa shape index (κ2) is 13.5. The second-order valence-corrected chi connectivity index (χ2v) is 23.4. The molecule has 0 saturated heterocycles. The highest BCUT2D eigenvalue weighted by Gasteiger charge is 2.49. The predicted octanol–water partition coefficient (Wildman–Crippen LogP) is 8.55. The van der Waals surface area contributed by atoms with Crippen molar-refractivity contribution in [2.75, 3.05) is 0 Å². The van der Waals surface area contributed by atoms with E-state index in [0.717, 1.165) is 18.1 Å². The number of carbonyl (C=O) groups excluding carboxylic acids is 2. The van der Waals surface area contributed by atoms with E-state index in [2.05, 4.69) is 68.1 Å². The van der Waals surface area contributed by atoms with Gasteiger partial charge in [-0.1, -0.05) is 75.3 Å². The van der Waals surface area contributed by atoms with E-state index in [1.807, 2.05) is 47.6 Å². The third kappa shape index (κ3) is 10.0. The quantitative estimate of drug-likeness (QED) is 0.115. The Labute approximate surface area is 231 Å². The van der Waals surface area contributed by atoms with Gasteiger partial charge in [0.2, 0.25) is 0 Å². The maximum Gasteiger partial charge on any atom is 0.308 e. The first kappa shape index (κ1) is 36.2. The summed E-state index contributed by atoms with van der Waals surface area (Å²) in [6.07, 6.45) is 1.09. The van der Waals surface area contributed by atoms with Crippen molar-refractivity contribution in [3.05, 3.63) is 12.7 Å². The fourth-order valence-corrected chi connectivity index (χ4v) is 8.93. The average Bonchev–Trinajstić information content (AvgIpc) is 2.76. The van der Waals surface area contributed by atoms with Crippen LogP contribution in [0.2, 0.25) is 36.3 Å².